The number of hydrogen-bond donors (Lipinski definition) is 1. The van der Waals surface area contributed by atoms with Gasteiger partial charge in [0.25, 0.3) is 5.91 Å². The molecule has 2 amide bonds. The monoisotopic (exact) mass is 433 g/mol. The Hall–Kier alpha value is -3.32. The van der Waals surface area contributed by atoms with Gasteiger partial charge in [-0.05, 0) is 54.4 Å². The Morgan fingerprint density at radius 3 is 2.74 bits per heavy atom. The predicted molar refractivity (Wildman–Crippen MR) is 122 cm³/mol. The topological polar surface area (TPSA) is 71.5 Å². The summed E-state index contributed by atoms with van der Waals surface area (Å²) in [5.41, 5.74) is 2.69. The van der Waals surface area contributed by atoms with Crippen LogP contribution in [0.2, 0.25) is 0 Å². The average molecular weight is 434 g/mol. The van der Waals surface area contributed by atoms with Crippen molar-refractivity contribution in [1.82, 2.24) is 4.98 Å². The summed E-state index contributed by atoms with van der Waals surface area (Å²) in [6, 6.07) is 19.0. The van der Waals surface area contributed by atoms with Crippen LogP contribution in [0, 0.1) is 0 Å². The van der Waals surface area contributed by atoms with Crippen LogP contribution in [0.4, 0.5) is 11.4 Å². The molecule has 1 fully saturated rings. The third kappa shape index (κ3) is 5.86. The van der Waals surface area contributed by atoms with Gasteiger partial charge >= 0.3 is 0 Å². The second kappa shape index (κ2) is 10.1. The number of rotatable bonds is 8. The van der Waals surface area contributed by atoms with Gasteiger partial charge in [0, 0.05) is 53.4 Å². The van der Waals surface area contributed by atoms with Crippen molar-refractivity contribution in [2.45, 2.75) is 23.5 Å². The lowest BCUT2D eigenvalue weighted by molar-refractivity contribution is -0.118. The fourth-order valence-corrected chi connectivity index (χ4v) is 4.13. The summed E-state index contributed by atoms with van der Waals surface area (Å²) in [7, 11) is 0. The molecule has 1 aromatic heterocycles. The molecule has 0 aliphatic carbocycles. The zero-order valence-electron chi connectivity index (χ0n) is 17.0. The molecular weight excluding hydrogens is 410 g/mol. The van der Waals surface area contributed by atoms with E-state index in [1.54, 1.807) is 35.0 Å². The second-order valence-corrected chi connectivity index (χ2v) is 8.21. The number of pyridine rings is 1. The van der Waals surface area contributed by atoms with E-state index in [1.807, 2.05) is 54.7 Å². The van der Waals surface area contributed by atoms with Gasteiger partial charge < -0.3 is 15.0 Å². The summed E-state index contributed by atoms with van der Waals surface area (Å²) in [6.45, 7) is 0.619. The molecule has 3 aromatic rings. The van der Waals surface area contributed by atoms with Gasteiger partial charge in [-0.15, -0.1) is 11.8 Å². The van der Waals surface area contributed by atoms with Gasteiger partial charge in [0.1, 0.15) is 5.75 Å². The fourth-order valence-electron chi connectivity index (χ4n) is 3.29. The molecule has 0 bridgehead atoms. The Bertz CT molecular complexity index is 1040. The zero-order chi connectivity index (χ0) is 21.5. The van der Waals surface area contributed by atoms with Gasteiger partial charge in [-0.2, -0.15) is 0 Å². The molecule has 1 aliphatic rings. The molecule has 0 saturated carbocycles. The molecule has 1 N–H and O–H groups in total. The molecule has 6 nitrogen and oxygen atoms in total. The van der Waals surface area contributed by atoms with E-state index in [9.17, 15) is 9.59 Å². The van der Waals surface area contributed by atoms with Crippen molar-refractivity contribution in [3.05, 3.63) is 78.6 Å². The van der Waals surface area contributed by atoms with Crippen molar-refractivity contribution in [3.63, 3.8) is 0 Å². The molecule has 2 aromatic carbocycles. The van der Waals surface area contributed by atoms with Crippen LogP contribution in [0.1, 0.15) is 18.4 Å². The highest BCUT2D eigenvalue weighted by molar-refractivity contribution is 7.98. The number of thioether (sulfide) groups is 1. The number of aromatic nitrogens is 1. The Labute approximate surface area is 185 Å². The molecule has 4 rings (SSSR count). The Kier molecular flexibility index (Phi) is 6.84. The number of hydrogen-bond acceptors (Lipinski definition) is 5. The normalized spacial score (nSPS) is 13.3. The SMILES string of the molecule is O=C(COc1cccc(N2CCCC2=O)c1)Nc1ccc(SCc2cccnc2)cc1. The van der Waals surface area contributed by atoms with Gasteiger partial charge in [-0.25, -0.2) is 0 Å². The quantitative estimate of drug-likeness (QED) is 0.529. The van der Waals surface area contributed by atoms with E-state index in [0.29, 0.717) is 12.2 Å². The number of ether oxygens (including phenoxy) is 1. The minimum absolute atomic E-state index is 0.102. The van der Waals surface area contributed by atoms with E-state index >= 15 is 0 Å². The molecule has 0 spiro atoms. The van der Waals surface area contributed by atoms with Crippen molar-refractivity contribution in [2.75, 3.05) is 23.4 Å². The van der Waals surface area contributed by atoms with E-state index in [0.717, 1.165) is 35.0 Å². The van der Waals surface area contributed by atoms with E-state index in [1.165, 1.54) is 5.56 Å². The number of amides is 2. The maximum atomic E-state index is 12.3. The third-order valence-electron chi connectivity index (χ3n) is 4.84. The van der Waals surface area contributed by atoms with Crippen LogP contribution in [0.15, 0.2) is 78.0 Å². The van der Waals surface area contributed by atoms with Crippen molar-refractivity contribution >= 4 is 35.0 Å². The smallest absolute Gasteiger partial charge is 0.262 e. The summed E-state index contributed by atoms with van der Waals surface area (Å²) >= 11 is 1.72. The van der Waals surface area contributed by atoms with Gasteiger partial charge in [-0.1, -0.05) is 12.1 Å². The van der Waals surface area contributed by atoms with E-state index in [-0.39, 0.29) is 18.4 Å². The van der Waals surface area contributed by atoms with Gasteiger partial charge in [0.15, 0.2) is 6.61 Å². The number of nitrogens with one attached hydrogen (secondary N) is 1. The summed E-state index contributed by atoms with van der Waals surface area (Å²) in [6.07, 6.45) is 5.07. The fraction of sp³-hybridized carbons (Fsp3) is 0.208. The van der Waals surface area contributed by atoms with Crippen LogP contribution < -0.4 is 15.0 Å². The third-order valence-corrected chi connectivity index (χ3v) is 5.92. The van der Waals surface area contributed by atoms with Crippen LogP contribution in [0.3, 0.4) is 0 Å². The molecule has 31 heavy (non-hydrogen) atoms. The maximum absolute atomic E-state index is 12.3. The number of carbonyl (C=O) groups is 2. The minimum Gasteiger partial charge on any atom is -0.484 e. The highest BCUT2D eigenvalue weighted by atomic mass is 32.2. The van der Waals surface area contributed by atoms with Crippen LogP contribution in [-0.2, 0) is 15.3 Å². The molecule has 0 unspecified atom stereocenters. The van der Waals surface area contributed by atoms with Gasteiger partial charge in [0.2, 0.25) is 5.91 Å². The first-order chi connectivity index (χ1) is 15.2. The van der Waals surface area contributed by atoms with Crippen LogP contribution in [-0.4, -0.2) is 29.9 Å². The molecular formula is C24H23N3O3S. The highest BCUT2D eigenvalue weighted by Gasteiger charge is 2.21. The van der Waals surface area contributed by atoms with Crippen molar-refractivity contribution < 1.29 is 14.3 Å². The molecule has 1 aliphatic heterocycles. The minimum atomic E-state index is -0.238. The van der Waals surface area contributed by atoms with Crippen LogP contribution in [0.25, 0.3) is 0 Å². The molecule has 2 heterocycles. The van der Waals surface area contributed by atoms with E-state index in [2.05, 4.69) is 10.3 Å². The molecule has 0 atom stereocenters. The molecule has 1 saturated heterocycles. The van der Waals surface area contributed by atoms with Gasteiger partial charge in [-0.3, -0.25) is 14.6 Å². The van der Waals surface area contributed by atoms with Crippen LogP contribution >= 0.6 is 11.8 Å². The Morgan fingerprint density at radius 1 is 1.13 bits per heavy atom. The van der Waals surface area contributed by atoms with Crippen molar-refractivity contribution in [2.24, 2.45) is 0 Å². The lowest BCUT2D eigenvalue weighted by Crippen LogP contribution is -2.24. The lowest BCUT2D eigenvalue weighted by atomic mass is 10.3. The number of nitrogens with zero attached hydrogens (tertiary/aromatic N) is 2. The van der Waals surface area contributed by atoms with E-state index < -0.39 is 0 Å². The number of carbonyl (C=O) groups excluding carboxylic acids is 2. The summed E-state index contributed by atoms with van der Waals surface area (Å²) in [5.74, 6) is 1.29. The molecule has 7 heteroatoms. The molecule has 0 radical (unpaired) electrons. The highest BCUT2D eigenvalue weighted by Crippen LogP contribution is 2.26. The Morgan fingerprint density at radius 2 is 2.00 bits per heavy atom. The van der Waals surface area contributed by atoms with Gasteiger partial charge in [0.05, 0.1) is 0 Å². The zero-order valence-corrected chi connectivity index (χ0v) is 17.8. The summed E-state index contributed by atoms with van der Waals surface area (Å²) < 4.78 is 5.63. The maximum Gasteiger partial charge on any atom is 0.262 e. The summed E-state index contributed by atoms with van der Waals surface area (Å²) in [4.78, 5) is 31.2. The first-order valence-corrected chi connectivity index (χ1v) is 11.1. The first-order valence-electron chi connectivity index (χ1n) is 10.1. The number of benzene rings is 2. The standard InChI is InChI=1S/C24H23N3O3S/c28-23(16-30-21-6-1-5-20(14-21)27-13-3-7-24(27)29)26-19-8-10-22(11-9-19)31-17-18-4-2-12-25-15-18/h1-2,4-6,8-12,14-15H,3,7,13,16-17H2,(H,26,28). The first kappa shape index (κ1) is 20.9. The second-order valence-electron chi connectivity index (χ2n) is 7.16. The predicted octanol–water partition coefficient (Wildman–Crippen LogP) is 4.52. The molecule has 158 valence electrons. The van der Waals surface area contributed by atoms with Crippen molar-refractivity contribution in [1.29, 1.82) is 0 Å². The largest absolute Gasteiger partial charge is 0.484 e. The summed E-state index contributed by atoms with van der Waals surface area (Å²) in [5, 5.41) is 2.84. The van der Waals surface area contributed by atoms with Crippen LogP contribution in [0.5, 0.6) is 5.75 Å². The lowest BCUT2D eigenvalue weighted by Gasteiger charge is -2.16. The average Bonchev–Trinajstić information content (AvgIpc) is 3.24. The Balaban J connectivity index is 1.26. The van der Waals surface area contributed by atoms with Crippen molar-refractivity contribution in [3.8, 4) is 5.75 Å². The number of anilines is 2. The van der Waals surface area contributed by atoms with E-state index in [4.69, 9.17) is 4.74 Å².